The largest absolute Gasteiger partial charge is 0.382 e. The molecule has 1 aromatic rings. The fourth-order valence-corrected chi connectivity index (χ4v) is 1.86. The van der Waals surface area contributed by atoms with Crippen LogP contribution in [0, 0.1) is 0 Å². The minimum absolute atomic E-state index is 0.526. The Hall–Kier alpha value is -0.690. The Balaban J connectivity index is 2.48. The van der Waals surface area contributed by atoms with E-state index in [9.17, 15) is 0 Å². The molecule has 0 spiro atoms. The zero-order chi connectivity index (χ0) is 8.72. The molecule has 0 aliphatic carbocycles. The monoisotopic (exact) mass is 181 g/mol. The second-order valence-corrected chi connectivity index (χ2v) is 3.89. The highest BCUT2D eigenvalue weighted by molar-refractivity contribution is 6.30. The predicted octanol–water partition coefficient (Wildman–Crippen LogP) is 3.26. The molecule has 1 nitrogen and oxygen atoms in total. The van der Waals surface area contributed by atoms with E-state index in [-0.39, 0.29) is 0 Å². The number of anilines is 1. The molecule has 0 amide bonds. The molecule has 0 saturated heterocycles. The summed E-state index contributed by atoms with van der Waals surface area (Å²) in [4.78, 5) is 0. The predicted molar refractivity (Wildman–Crippen MR) is 53.0 cm³/mol. The van der Waals surface area contributed by atoms with Crippen LogP contribution in [0.5, 0.6) is 0 Å². The van der Waals surface area contributed by atoms with Gasteiger partial charge < -0.3 is 5.32 Å². The maximum absolute atomic E-state index is 5.91. The van der Waals surface area contributed by atoms with Gasteiger partial charge in [-0.25, -0.2) is 0 Å². The lowest BCUT2D eigenvalue weighted by molar-refractivity contribution is 0.690. The molecule has 12 heavy (non-hydrogen) atoms. The van der Waals surface area contributed by atoms with E-state index in [1.165, 1.54) is 11.3 Å². The van der Waals surface area contributed by atoms with E-state index in [4.69, 9.17) is 11.6 Å². The van der Waals surface area contributed by atoms with Crippen LogP contribution in [0.4, 0.5) is 5.69 Å². The summed E-state index contributed by atoms with van der Waals surface area (Å²) in [5.41, 5.74) is 2.58. The van der Waals surface area contributed by atoms with Crippen molar-refractivity contribution < 1.29 is 0 Å². The second-order valence-electron chi connectivity index (χ2n) is 3.45. The molecule has 0 bridgehead atoms. The van der Waals surface area contributed by atoms with E-state index >= 15 is 0 Å². The van der Waals surface area contributed by atoms with Crippen LogP contribution in [-0.2, 0) is 0 Å². The highest BCUT2D eigenvalue weighted by Gasteiger charge is 2.24. The molecule has 1 heterocycles. The van der Waals surface area contributed by atoms with E-state index in [0.717, 1.165) is 5.02 Å². The second kappa shape index (κ2) is 2.67. The van der Waals surface area contributed by atoms with Gasteiger partial charge in [0.2, 0.25) is 0 Å². The molecule has 0 saturated carbocycles. The van der Waals surface area contributed by atoms with Crippen LogP contribution in [0.2, 0.25) is 5.02 Å². The van der Waals surface area contributed by atoms with E-state index in [1.54, 1.807) is 0 Å². The molecule has 1 aromatic carbocycles. The lowest BCUT2D eigenvalue weighted by Gasteiger charge is -2.08. The van der Waals surface area contributed by atoms with E-state index in [2.05, 4.69) is 31.3 Å². The molecule has 0 radical (unpaired) electrons. The van der Waals surface area contributed by atoms with Crippen LogP contribution in [0.3, 0.4) is 0 Å². The molecule has 1 aliphatic heterocycles. The van der Waals surface area contributed by atoms with E-state index in [1.807, 2.05) is 6.07 Å². The van der Waals surface area contributed by atoms with Crippen molar-refractivity contribution in [1.29, 1.82) is 0 Å². The first-order chi connectivity index (χ1) is 5.68. The summed E-state index contributed by atoms with van der Waals surface area (Å²) < 4.78 is 0. The minimum atomic E-state index is 0.526. The SMILES string of the molecule is CC1Nc2ccc(Cl)cc2C1C. The average molecular weight is 182 g/mol. The molecule has 2 unspecified atom stereocenters. The summed E-state index contributed by atoms with van der Waals surface area (Å²) in [5, 5.41) is 4.25. The molecule has 2 heteroatoms. The number of rotatable bonds is 0. The summed E-state index contributed by atoms with van der Waals surface area (Å²) in [6.07, 6.45) is 0. The van der Waals surface area contributed by atoms with Crippen molar-refractivity contribution in [2.45, 2.75) is 25.8 Å². The normalized spacial score (nSPS) is 26.6. The molecule has 64 valence electrons. The Morgan fingerprint density at radius 3 is 2.83 bits per heavy atom. The van der Waals surface area contributed by atoms with Crippen molar-refractivity contribution in [3.8, 4) is 0 Å². The minimum Gasteiger partial charge on any atom is -0.382 e. The molecule has 1 N–H and O–H groups in total. The summed E-state index contributed by atoms with van der Waals surface area (Å²) in [5.74, 6) is 0.568. The molecular weight excluding hydrogens is 170 g/mol. The zero-order valence-electron chi connectivity index (χ0n) is 7.26. The first-order valence-corrected chi connectivity index (χ1v) is 4.62. The summed E-state index contributed by atoms with van der Waals surface area (Å²) >= 11 is 5.91. The van der Waals surface area contributed by atoms with Gasteiger partial charge in [0.15, 0.2) is 0 Å². The van der Waals surface area contributed by atoms with Crippen LogP contribution in [0.25, 0.3) is 0 Å². The van der Waals surface area contributed by atoms with Crippen molar-refractivity contribution >= 4 is 17.3 Å². The van der Waals surface area contributed by atoms with Gasteiger partial charge in [0, 0.05) is 22.7 Å². The Bertz CT molecular complexity index is 309. The third-order valence-electron chi connectivity index (χ3n) is 2.64. The Kier molecular flexibility index (Phi) is 1.76. The fourth-order valence-electron chi connectivity index (χ4n) is 1.68. The van der Waals surface area contributed by atoms with Crippen molar-refractivity contribution in [2.75, 3.05) is 5.32 Å². The van der Waals surface area contributed by atoms with Crippen LogP contribution >= 0.6 is 11.6 Å². The standard InChI is InChI=1S/C10H12ClN/c1-6-7(2)12-10-4-3-8(11)5-9(6)10/h3-7,12H,1-2H3. The van der Waals surface area contributed by atoms with Crippen molar-refractivity contribution in [2.24, 2.45) is 0 Å². The Morgan fingerprint density at radius 1 is 1.33 bits per heavy atom. The first-order valence-electron chi connectivity index (χ1n) is 4.24. The summed E-state index contributed by atoms with van der Waals surface area (Å²) in [6.45, 7) is 4.42. The average Bonchev–Trinajstić information content (AvgIpc) is 2.31. The van der Waals surface area contributed by atoms with Gasteiger partial charge in [0.1, 0.15) is 0 Å². The van der Waals surface area contributed by atoms with Gasteiger partial charge in [-0.3, -0.25) is 0 Å². The fraction of sp³-hybridized carbons (Fsp3) is 0.400. The topological polar surface area (TPSA) is 12.0 Å². The Labute approximate surface area is 77.7 Å². The van der Waals surface area contributed by atoms with Gasteiger partial charge >= 0.3 is 0 Å². The van der Waals surface area contributed by atoms with Gasteiger partial charge in [-0.2, -0.15) is 0 Å². The quantitative estimate of drug-likeness (QED) is 0.648. The summed E-state index contributed by atoms with van der Waals surface area (Å²) in [7, 11) is 0. The number of hydrogen-bond acceptors (Lipinski definition) is 1. The molecule has 0 aromatic heterocycles. The van der Waals surface area contributed by atoms with Crippen LogP contribution < -0.4 is 5.32 Å². The number of halogens is 1. The molecule has 1 aliphatic rings. The van der Waals surface area contributed by atoms with Crippen LogP contribution in [0.1, 0.15) is 25.3 Å². The van der Waals surface area contributed by atoms with Crippen molar-refractivity contribution in [1.82, 2.24) is 0 Å². The van der Waals surface area contributed by atoms with Crippen LogP contribution in [0.15, 0.2) is 18.2 Å². The van der Waals surface area contributed by atoms with Crippen molar-refractivity contribution in [3.05, 3.63) is 28.8 Å². The molecule has 0 fully saturated rings. The molecule has 2 atom stereocenters. The third kappa shape index (κ3) is 1.09. The third-order valence-corrected chi connectivity index (χ3v) is 2.87. The van der Waals surface area contributed by atoms with Gasteiger partial charge in [0.25, 0.3) is 0 Å². The number of nitrogens with one attached hydrogen (secondary N) is 1. The summed E-state index contributed by atoms with van der Waals surface area (Å²) in [6, 6.07) is 6.56. The smallest absolute Gasteiger partial charge is 0.0410 e. The zero-order valence-corrected chi connectivity index (χ0v) is 8.02. The van der Waals surface area contributed by atoms with Gasteiger partial charge in [-0.1, -0.05) is 18.5 Å². The lowest BCUT2D eigenvalue weighted by Crippen LogP contribution is -2.12. The highest BCUT2D eigenvalue weighted by atomic mass is 35.5. The van der Waals surface area contributed by atoms with E-state index < -0.39 is 0 Å². The molecule has 2 rings (SSSR count). The maximum atomic E-state index is 5.91. The van der Waals surface area contributed by atoms with Gasteiger partial charge in [-0.05, 0) is 30.7 Å². The first kappa shape index (κ1) is 7.93. The number of fused-ring (bicyclic) bond motifs is 1. The molecular formula is C10H12ClN. The van der Waals surface area contributed by atoms with E-state index in [0.29, 0.717) is 12.0 Å². The lowest BCUT2D eigenvalue weighted by atomic mass is 9.99. The van der Waals surface area contributed by atoms with Gasteiger partial charge in [0.05, 0.1) is 0 Å². The van der Waals surface area contributed by atoms with Crippen molar-refractivity contribution in [3.63, 3.8) is 0 Å². The van der Waals surface area contributed by atoms with Crippen LogP contribution in [-0.4, -0.2) is 6.04 Å². The highest BCUT2D eigenvalue weighted by Crippen LogP contribution is 2.36. The Morgan fingerprint density at radius 2 is 2.08 bits per heavy atom. The maximum Gasteiger partial charge on any atom is 0.0410 e. The number of hydrogen-bond donors (Lipinski definition) is 1. The number of benzene rings is 1. The van der Waals surface area contributed by atoms with Gasteiger partial charge in [-0.15, -0.1) is 0 Å².